The van der Waals surface area contributed by atoms with E-state index in [0.29, 0.717) is 18.5 Å². The Labute approximate surface area is 102 Å². The summed E-state index contributed by atoms with van der Waals surface area (Å²) in [5.41, 5.74) is 0.336. The van der Waals surface area contributed by atoms with Crippen LogP contribution in [0.1, 0.15) is 12.0 Å². The largest absolute Gasteiger partial charge is 0.320 e. The van der Waals surface area contributed by atoms with Crippen LogP contribution < -0.4 is 10.0 Å². The molecule has 0 bridgehead atoms. The molecule has 0 amide bonds. The maximum atomic E-state index is 11.8. The number of nitriles is 1. The summed E-state index contributed by atoms with van der Waals surface area (Å²) < 4.78 is 26.1. The maximum Gasteiger partial charge on any atom is 0.240 e. The van der Waals surface area contributed by atoms with Gasteiger partial charge in [0, 0.05) is 6.54 Å². The highest BCUT2D eigenvalue weighted by molar-refractivity contribution is 7.89. The van der Waals surface area contributed by atoms with Crippen LogP contribution >= 0.6 is 0 Å². The molecule has 0 heterocycles. The van der Waals surface area contributed by atoms with Crippen LogP contribution in [0, 0.1) is 11.3 Å². The lowest BCUT2D eigenvalue weighted by molar-refractivity contribution is 0.577. The molecule has 0 saturated heterocycles. The van der Waals surface area contributed by atoms with E-state index < -0.39 is 10.0 Å². The quantitative estimate of drug-likeness (QED) is 0.721. The lowest BCUT2D eigenvalue weighted by atomic mass is 10.2. The van der Waals surface area contributed by atoms with Crippen molar-refractivity contribution in [3.8, 4) is 6.07 Å². The summed E-state index contributed by atoms with van der Waals surface area (Å²) in [6, 6.07) is 7.87. The van der Waals surface area contributed by atoms with Crippen molar-refractivity contribution in [2.45, 2.75) is 11.3 Å². The van der Waals surface area contributed by atoms with Crippen LogP contribution in [0.2, 0.25) is 0 Å². The van der Waals surface area contributed by atoms with Crippen LogP contribution in [-0.2, 0) is 10.0 Å². The van der Waals surface area contributed by atoms with Crippen LogP contribution in [0.4, 0.5) is 0 Å². The lowest BCUT2D eigenvalue weighted by Crippen LogP contribution is -2.26. The van der Waals surface area contributed by atoms with E-state index in [9.17, 15) is 8.42 Å². The minimum atomic E-state index is -3.50. The van der Waals surface area contributed by atoms with Gasteiger partial charge in [0.2, 0.25) is 10.0 Å². The zero-order valence-corrected chi connectivity index (χ0v) is 10.4. The predicted molar refractivity (Wildman–Crippen MR) is 64.9 cm³/mol. The molecular weight excluding hydrogens is 238 g/mol. The fourth-order valence-corrected chi connectivity index (χ4v) is 2.41. The molecule has 1 aromatic carbocycles. The van der Waals surface area contributed by atoms with Gasteiger partial charge >= 0.3 is 0 Å². The molecule has 0 aliphatic carbocycles. The number of benzene rings is 1. The molecule has 0 aliphatic heterocycles. The first-order valence-electron chi connectivity index (χ1n) is 5.24. The molecule has 17 heavy (non-hydrogen) atoms. The SMILES string of the molecule is CNCCCNS(=O)(=O)c1cccc(C#N)c1. The monoisotopic (exact) mass is 253 g/mol. The van der Waals surface area contributed by atoms with Crippen molar-refractivity contribution in [3.63, 3.8) is 0 Å². The maximum absolute atomic E-state index is 11.8. The molecule has 0 spiro atoms. The third-order valence-corrected chi connectivity index (χ3v) is 3.63. The second kappa shape index (κ2) is 6.35. The van der Waals surface area contributed by atoms with E-state index in [-0.39, 0.29) is 4.90 Å². The highest BCUT2D eigenvalue weighted by Gasteiger charge is 2.13. The van der Waals surface area contributed by atoms with Gasteiger partial charge in [0.05, 0.1) is 16.5 Å². The zero-order valence-electron chi connectivity index (χ0n) is 9.60. The van der Waals surface area contributed by atoms with Crippen LogP contribution in [0.15, 0.2) is 29.2 Å². The second-order valence-electron chi connectivity index (χ2n) is 3.49. The van der Waals surface area contributed by atoms with E-state index in [2.05, 4.69) is 10.0 Å². The number of nitrogens with one attached hydrogen (secondary N) is 2. The Hall–Kier alpha value is -1.42. The summed E-state index contributed by atoms with van der Waals surface area (Å²) in [6.45, 7) is 1.13. The van der Waals surface area contributed by atoms with Gasteiger partial charge in [-0.1, -0.05) is 6.07 Å². The third kappa shape index (κ3) is 4.15. The topological polar surface area (TPSA) is 82.0 Å². The first kappa shape index (κ1) is 13.6. The van der Waals surface area contributed by atoms with Gasteiger partial charge in [0.15, 0.2) is 0 Å². The van der Waals surface area contributed by atoms with Gasteiger partial charge in [-0.05, 0) is 38.2 Å². The molecule has 1 aromatic rings. The van der Waals surface area contributed by atoms with Gasteiger partial charge in [-0.3, -0.25) is 0 Å². The summed E-state index contributed by atoms with van der Waals surface area (Å²) in [6.07, 6.45) is 0.716. The van der Waals surface area contributed by atoms with E-state index in [0.717, 1.165) is 6.54 Å². The van der Waals surface area contributed by atoms with Crippen molar-refractivity contribution < 1.29 is 8.42 Å². The minimum absolute atomic E-state index is 0.126. The molecule has 5 nitrogen and oxygen atoms in total. The van der Waals surface area contributed by atoms with Crippen molar-refractivity contribution in [1.82, 2.24) is 10.0 Å². The minimum Gasteiger partial charge on any atom is -0.320 e. The molecular formula is C11H15N3O2S. The number of rotatable bonds is 6. The van der Waals surface area contributed by atoms with E-state index in [1.165, 1.54) is 12.1 Å². The first-order chi connectivity index (χ1) is 8.10. The Bertz CT molecular complexity index is 506. The van der Waals surface area contributed by atoms with Crippen molar-refractivity contribution in [3.05, 3.63) is 29.8 Å². The summed E-state index contributed by atoms with van der Waals surface area (Å²) in [7, 11) is -1.69. The number of sulfonamides is 1. The predicted octanol–water partition coefficient (Wildman–Crippen LogP) is 0.446. The van der Waals surface area contributed by atoms with Crippen molar-refractivity contribution >= 4 is 10.0 Å². The lowest BCUT2D eigenvalue weighted by Gasteiger charge is -2.06. The van der Waals surface area contributed by atoms with E-state index in [1.807, 2.05) is 13.1 Å². The molecule has 0 atom stereocenters. The van der Waals surface area contributed by atoms with Gasteiger partial charge in [-0.2, -0.15) is 5.26 Å². The van der Waals surface area contributed by atoms with E-state index >= 15 is 0 Å². The van der Waals surface area contributed by atoms with Crippen LogP contribution in [0.3, 0.4) is 0 Å². The standard InChI is InChI=1S/C11H15N3O2S/c1-13-6-3-7-14-17(15,16)11-5-2-4-10(8-11)9-12/h2,4-5,8,13-14H,3,6-7H2,1H3. The fourth-order valence-electron chi connectivity index (χ4n) is 1.29. The Morgan fingerprint density at radius 3 is 2.76 bits per heavy atom. The zero-order chi connectivity index (χ0) is 12.7. The molecule has 0 radical (unpaired) electrons. The molecule has 2 N–H and O–H groups in total. The molecule has 1 rings (SSSR count). The summed E-state index contributed by atoms with van der Waals surface area (Å²) in [4.78, 5) is 0.126. The number of nitrogens with zero attached hydrogens (tertiary/aromatic N) is 1. The first-order valence-corrected chi connectivity index (χ1v) is 6.73. The summed E-state index contributed by atoms with van der Waals surface area (Å²) in [5, 5.41) is 11.6. The van der Waals surface area contributed by atoms with Gasteiger partial charge in [0.25, 0.3) is 0 Å². The van der Waals surface area contributed by atoms with Crippen molar-refractivity contribution in [2.75, 3.05) is 20.1 Å². The van der Waals surface area contributed by atoms with E-state index in [1.54, 1.807) is 12.1 Å². The summed E-state index contributed by atoms with van der Waals surface area (Å²) in [5.74, 6) is 0. The Balaban J connectivity index is 2.73. The molecule has 0 aliphatic rings. The average Bonchev–Trinajstić information content (AvgIpc) is 2.35. The van der Waals surface area contributed by atoms with Crippen LogP contribution in [0.5, 0.6) is 0 Å². The molecule has 0 unspecified atom stereocenters. The van der Waals surface area contributed by atoms with Gasteiger partial charge < -0.3 is 5.32 Å². The molecule has 6 heteroatoms. The molecule has 0 aromatic heterocycles. The van der Waals surface area contributed by atoms with Crippen LogP contribution in [0.25, 0.3) is 0 Å². The van der Waals surface area contributed by atoms with Crippen LogP contribution in [-0.4, -0.2) is 28.6 Å². The average molecular weight is 253 g/mol. The third-order valence-electron chi connectivity index (χ3n) is 2.17. The van der Waals surface area contributed by atoms with Gasteiger partial charge in [-0.25, -0.2) is 13.1 Å². The summed E-state index contributed by atoms with van der Waals surface area (Å²) >= 11 is 0. The van der Waals surface area contributed by atoms with E-state index in [4.69, 9.17) is 5.26 Å². The smallest absolute Gasteiger partial charge is 0.240 e. The Kier molecular flexibility index (Phi) is 5.10. The van der Waals surface area contributed by atoms with Crippen molar-refractivity contribution in [2.24, 2.45) is 0 Å². The molecule has 0 saturated carbocycles. The number of hydrogen-bond donors (Lipinski definition) is 2. The second-order valence-corrected chi connectivity index (χ2v) is 5.26. The normalized spacial score (nSPS) is 11.1. The molecule has 0 fully saturated rings. The highest BCUT2D eigenvalue weighted by atomic mass is 32.2. The number of hydrogen-bond acceptors (Lipinski definition) is 4. The molecule has 92 valence electrons. The highest BCUT2D eigenvalue weighted by Crippen LogP contribution is 2.10. The van der Waals surface area contributed by atoms with Gasteiger partial charge in [-0.15, -0.1) is 0 Å². The van der Waals surface area contributed by atoms with Gasteiger partial charge in [0.1, 0.15) is 0 Å². The Morgan fingerprint density at radius 1 is 1.35 bits per heavy atom. The van der Waals surface area contributed by atoms with Crippen molar-refractivity contribution in [1.29, 1.82) is 5.26 Å². The fraction of sp³-hybridized carbons (Fsp3) is 0.364. The Morgan fingerprint density at radius 2 is 2.12 bits per heavy atom.